The van der Waals surface area contributed by atoms with Crippen LogP contribution in [-0.2, 0) is 21.2 Å². The summed E-state index contributed by atoms with van der Waals surface area (Å²) in [5, 5.41) is 4.06. The third-order valence-corrected chi connectivity index (χ3v) is 6.64. The standard InChI is InChI=1S/C18H23ClN2O3S2/c1-3-4-5-10-26(23,24)12-16(22)20-11-17-21-18(13(2)25-17)14-6-8-15(19)9-7-14/h6-9H,3-5,10-12H2,1-2H3,(H,20,22). The normalized spacial score (nSPS) is 11.5. The van der Waals surface area contributed by atoms with Crippen molar-refractivity contribution >= 4 is 38.7 Å². The lowest BCUT2D eigenvalue weighted by Gasteiger charge is -2.05. The summed E-state index contributed by atoms with van der Waals surface area (Å²) in [7, 11) is -3.35. The van der Waals surface area contributed by atoms with Crippen molar-refractivity contribution in [2.45, 2.75) is 39.7 Å². The Hall–Kier alpha value is -1.44. The van der Waals surface area contributed by atoms with Crippen LogP contribution in [0.2, 0.25) is 5.02 Å². The number of rotatable bonds is 9. The van der Waals surface area contributed by atoms with Gasteiger partial charge >= 0.3 is 0 Å². The van der Waals surface area contributed by atoms with E-state index in [1.165, 1.54) is 11.3 Å². The molecule has 0 saturated heterocycles. The number of nitrogens with zero attached hydrogens (tertiary/aromatic N) is 1. The van der Waals surface area contributed by atoms with E-state index in [0.717, 1.165) is 34.0 Å². The fourth-order valence-electron chi connectivity index (χ4n) is 2.47. The first kappa shape index (κ1) is 20.9. The van der Waals surface area contributed by atoms with Crippen LogP contribution in [-0.4, -0.2) is 30.8 Å². The van der Waals surface area contributed by atoms with E-state index in [1.54, 1.807) is 12.1 Å². The lowest BCUT2D eigenvalue weighted by atomic mass is 10.1. The maximum atomic E-state index is 11.9. The molecule has 1 N–H and O–H groups in total. The number of carbonyl (C=O) groups excluding carboxylic acids is 1. The molecule has 0 fully saturated rings. The van der Waals surface area contributed by atoms with Gasteiger partial charge in [-0.15, -0.1) is 11.3 Å². The van der Waals surface area contributed by atoms with Crippen LogP contribution in [0.5, 0.6) is 0 Å². The van der Waals surface area contributed by atoms with E-state index < -0.39 is 21.5 Å². The molecule has 142 valence electrons. The first-order valence-corrected chi connectivity index (χ1v) is 11.5. The number of aromatic nitrogens is 1. The number of aryl methyl sites for hydroxylation is 1. The molecule has 1 aromatic carbocycles. The summed E-state index contributed by atoms with van der Waals surface area (Å²) in [5.74, 6) is -0.890. The highest BCUT2D eigenvalue weighted by atomic mass is 35.5. The van der Waals surface area contributed by atoms with Gasteiger partial charge in [0.05, 0.1) is 18.0 Å². The van der Waals surface area contributed by atoms with Gasteiger partial charge in [0.1, 0.15) is 10.8 Å². The van der Waals surface area contributed by atoms with Crippen molar-refractivity contribution in [2.24, 2.45) is 0 Å². The number of hydrogen-bond acceptors (Lipinski definition) is 5. The average Bonchev–Trinajstić information content (AvgIpc) is 2.94. The van der Waals surface area contributed by atoms with E-state index in [2.05, 4.69) is 10.3 Å². The lowest BCUT2D eigenvalue weighted by molar-refractivity contribution is -0.118. The largest absolute Gasteiger partial charge is 0.349 e. The molecule has 0 atom stereocenters. The first-order valence-electron chi connectivity index (χ1n) is 8.50. The summed E-state index contributed by atoms with van der Waals surface area (Å²) < 4.78 is 23.8. The highest BCUT2D eigenvalue weighted by Gasteiger charge is 2.17. The van der Waals surface area contributed by atoms with E-state index >= 15 is 0 Å². The Morgan fingerprint density at radius 3 is 2.58 bits per heavy atom. The number of amides is 1. The molecule has 1 aromatic heterocycles. The summed E-state index contributed by atoms with van der Waals surface area (Å²) in [6, 6.07) is 7.41. The van der Waals surface area contributed by atoms with Gasteiger partial charge in [0, 0.05) is 15.5 Å². The number of carbonyl (C=O) groups is 1. The van der Waals surface area contributed by atoms with E-state index in [-0.39, 0.29) is 12.3 Å². The van der Waals surface area contributed by atoms with Crippen LogP contribution in [0.1, 0.15) is 36.1 Å². The minimum atomic E-state index is -3.35. The highest BCUT2D eigenvalue weighted by molar-refractivity contribution is 7.92. The summed E-state index contributed by atoms with van der Waals surface area (Å²) in [6.45, 7) is 4.20. The van der Waals surface area contributed by atoms with Gasteiger partial charge in [-0.05, 0) is 25.5 Å². The van der Waals surface area contributed by atoms with Crippen molar-refractivity contribution < 1.29 is 13.2 Å². The molecule has 0 spiro atoms. The molecule has 8 heteroatoms. The van der Waals surface area contributed by atoms with Gasteiger partial charge in [0.25, 0.3) is 0 Å². The van der Waals surface area contributed by atoms with Crippen LogP contribution in [0.15, 0.2) is 24.3 Å². The van der Waals surface area contributed by atoms with Crippen LogP contribution < -0.4 is 5.32 Å². The maximum Gasteiger partial charge on any atom is 0.235 e. The Morgan fingerprint density at radius 1 is 1.23 bits per heavy atom. The van der Waals surface area contributed by atoms with Gasteiger partial charge in [-0.3, -0.25) is 4.79 Å². The predicted molar refractivity (Wildman–Crippen MR) is 107 cm³/mol. The number of halogens is 1. The van der Waals surface area contributed by atoms with Gasteiger partial charge in [0.2, 0.25) is 5.91 Å². The van der Waals surface area contributed by atoms with Crippen LogP contribution in [0.3, 0.4) is 0 Å². The molecule has 26 heavy (non-hydrogen) atoms. The monoisotopic (exact) mass is 414 g/mol. The molecule has 0 aliphatic heterocycles. The summed E-state index contributed by atoms with van der Waals surface area (Å²) in [4.78, 5) is 17.5. The van der Waals surface area contributed by atoms with Crippen LogP contribution >= 0.6 is 22.9 Å². The topological polar surface area (TPSA) is 76.1 Å². The minimum Gasteiger partial charge on any atom is -0.349 e. The second-order valence-corrected chi connectivity index (χ2v) is 10.0. The van der Waals surface area contributed by atoms with Crippen molar-refractivity contribution in [1.82, 2.24) is 10.3 Å². The Kier molecular flexibility index (Phi) is 7.61. The Bertz CT molecular complexity index is 846. The molecule has 0 saturated carbocycles. The van der Waals surface area contributed by atoms with Gasteiger partial charge in [0.15, 0.2) is 9.84 Å². The second kappa shape index (κ2) is 9.48. The van der Waals surface area contributed by atoms with E-state index in [4.69, 9.17) is 11.6 Å². The van der Waals surface area contributed by atoms with Crippen LogP contribution in [0.4, 0.5) is 0 Å². The number of unbranched alkanes of at least 4 members (excludes halogenated alkanes) is 2. The quantitative estimate of drug-likeness (QED) is 0.629. The first-order chi connectivity index (χ1) is 12.3. The third-order valence-electron chi connectivity index (χ3n) is 3.81. The van der Waals surface area contributed by atoms with Crippen molar-refractivity contribution in [3.63, 3.8) is 0 Å². The van der Waals surface area contributed by atoms with E-state index in [1.807, 2.05) is 26.0 Å². The van der Waals surface area contributed by atoms with Crippen LogP contribution in [0.25, 0.3) is 11.3 Å². The number of thiazole rings is 1. The molecule has 5 nitrogen and oxygen atoms in total. The highest BCUT2D eigenvalue weighted by Crippen LogP contribution is 2.28. The van der Waals surface area contributed by atoms with Gasteiger partial charge in [-0.25, -0.2) is 13.4 Å². The lowest BCUT2D eigenvalue weighted by Crippen LogP contribution is -2.30. The maximum absolute atomic E-state index is 11.9. The second-order valence-electron chi connectivity index (χ2n) is 6.10. The van der Waals surface area contributed by atoms with Crippen molar-refractivity contribution in [3.05, 3.63) is 39.2 Å². The van der Waals surface area contributed by atoms with Gasteiger partial charge < -0.3 is 5.32 Å². The fraction of sp³-hybridized carbons (Fsp3) is 0.444. The molecule has 0 bridgehead atoms. The smallest absolute Gasteiger partial charge is 0.235 e. The summed E-state index contributed by atoms with van der Waals surface area (Å²) in [6.07, 6.45) is 2.40. The summed E-state index contributed by atoms with van der Waals surface area (Å²) in [5.41, 5.74) is 1.81. The molecule has 2 rings (SSSR count). The number of hydrogen-bond donors (Lipinski definition) is 1. The molecule has 0 aliphatic rings. The van der Waals surface area contributed by atoms with Crippen molar-refractivity contribution in [3.8, 4) is 11.3 Å². The predicted octanol–water partition coefficient (Wildman–Crippen LogP) is 3.99. The SMILES string of the molecule is CCCCCS(=O)(=O)CC(=O)NCc1nc(-c2ccc(Cl)cc2)c(C)s1. The fourth-order valence-corrected chi connectivity index (χ4v) is 4.78. The third kappa shape index (κ3) is 6.37. The Balaban J connectivity index is 1.92. The Morgan fingerprint density at radius 2 is 1.92 bits per heavy atom. The zero-order valence-corrected chi connectivity index (χ0v) is 17.3. The zero-order valence-electron chi connectivity index (χ0n) is 14.9. The number of benzene rings is 1. The molecule has 1 amide bonds. The number of nitrogens with one attached hydrogen (secondary N) is 1. The summed E-state index contributed by atoms with van der Waals surface area (Å²) >= 11 is 7.39. The van der Waals surface area contributed by atoms with Gasteiger partial charge in [-0.1, -0.05) is 43.5 Å². The van der Waals surface area contributed by atoms with Crippen molar-refractivity contribution in [2.75, 3.05) is 11.5 Å². The molecule has 0 unspecified atom stereocenters. The van der Waals surface area contributed by atoms with Crippen LogP contribution in [0, 0.1) is 6.92 Å². The molecule has 1 heterocycles. The minimum absolute atomic E-state index is 0.0608. The van der Waals surface area contributed by atoms with Crippen molar-refractivity contribution in [1.29, 1.82) is 0 Å². The van der Waals surface area contributed by atoms with Gasteiger partial charge in [-0.2, -0.15) is 0 Å². The molecule has 2 aromatic rings. The van der Waals surface area contributed by atoms with E-state index in [0.29, 0.717) is 11.4 Å². The average molecular weight is 415 g/mol. The molecular formula is C18H23ClN2O3S2. The number of sulfone groups is 1. The molecule has 0 radical (unpaired) electrons. The molecule has 0 aliphatic carbocycles. The zero-order chi connectivity index (χ0) is 19.2. The molecular weight excluding hydrogens is 392 g/mol. The van der Waals surface area contributed by atoms with E-state index in [9.17, 15) is 13.2 Å². The Labute approximate surface area is 163 Å².